The molecule has 1 spiro atoms. The number of benzene rings is 1. The molecule has 1 N–H and O–H groups in total. The molecule has 26 heavy (non-hydrogen) atoms. The van der Waals surface area contributed by atoms with Crippen LogP contribution in [0.15, 0.2) is 30.5 Å². The highest BCUT2D eigenvalue weighted by Gasteiger charge is 2.50. The van der Waals surface area contributed by atoms with Gasteiger partial charge in [0.25, 0.3) is 0 Å². The van der Waals surface area contributed by atoms with Crippen LogP contribution in [0, 0.1) is 12.8 Å². The highest BCUT2D eigenvalue weighted by atomic mass is 16.2. The van der Waals surface area contributed by atoms with Crippen molar-refractivity contribution >= 4 is 11.6 Å². The average molecular weight is 350 g/mol. The van der Waals surface area contributed by atoms with E-state index in [1.165, 1.54) is 30.4 Å². The van der Waals surface area contributed by atoms with Crippen LogP contribution in [0.5, 0.6) is 0 Å². The Bertz CT molecular complexity index is 867. The third kappa shape index (κ3) is 2.13. The van der Waals surface area contributed by atoms with E-state index in [4.69, 9.17) is 0 Å². The number of carbonyl (C=O) groups excluding carboxylic acids is 1. The molecule has 1 aromatic carbocycles. The molecular weight excluding hydrogens is 324 g/mol. The van der Waals surface area contributed by atoms with Crippen molar-refractivity contribution in [1.29, 1.82) is 0 Å². The first-order valence-electron chi connectivity index (χ1n) is 9.71. The highest BCUT2D eigenvalue weighted by molar-refractivity contribution is 5.98. The second kappa shape index (κ2) is 5.68. The van der Waals surface area contributed by atoms with Crippen LogP contribution in [-0.2, 0) is 17.3 Å². The van der Waals surface area contributed by atoms with Crippen molar-refractivity contribution in [3.8, 4) is 0 Å². The third-order valence-electron chi connectivity index (χ3n) is 7.01. The first-order chi connectivity index (χ1) is 12.6. The van der Waals surface area contributed by atoms with Crippen LogP contribution in [0.2, 0.25) is 0 Å². The van der Waals surface area contributed by atoms with Gasteiger partial charge in [-0.15, -0.1) is 0 Å². The predicted molar refractivity (Wildman–Crippen MR) is 101 cm³/mol. The Morgan fingerprint density at radius 2 is 2.08 bits per heavy atom. The van der Waals surface area contributed by atoms with E-state index in [0.717, 1.165) is 31.0 Å². The molecule has 1 saturated carbocycles. The number of hydrogen-bond acceptors (Lipinski definition) is 3. The van der Waals surface area contributed by atoms with Crippen LogP contribution in [0.1, 0.15) is 42.0 Å². The number of nitrogens with one attached hydrogen (secondary N) is 1. The topological polar surface area (TPSA) is 50.2 Å². The molecule has 3 heterocycles. The maximum absolute atomic E-state index is 13.6. The van der Waals surface area contributed by atoms with Gasteiger partial charge in [0.2, 0.25) is 5.91 Å². The lowest BCUT2D eigenvalue weighted by atomic mass is 9.66. The molecule has 5 heteroatoms. The minimum Gasteiger partial charge on any atom is -0.315 e. The summed E-state index contributed by atoms with van der Waals surface area (Å²) in [6.07, 6.45) is 5.64. The smallest absolute Gasteiger partial charge is 0.232 e. The molecule has 136 valence electrons. The molecule has 1 amide bonds. The van der Waals surface area contributed by atoms with Crippen LogP contribution in [-0.4, -0.2) is 35.3 Å². The predicted octanol–water partition coefficient (Wildman–Crippen LogP) is 2.50. The van der Waals surface area contributed by atoms with E-state index in [-0.39, 0.29) is 23.2 Å². The lowest BCUT2D eigenvalue weighted by molar-refractivity contribution is -0.122. The van der Waals surface area contributed by atoms with Gasteiger partial charge in [-0.25, -0.2) is 0 Å². The van der Waals surface area contributed by atoms with Gasteiger partial charge in [-0.05, 0) is 37.0 Å². The zero-order chi connectivity index (χ0) is 17.9. The first kappa shape index (κ1) is 16.1. The van der Waals surface area contributed by atoms with Gasteiger partial charge >= 0.3 is 0 Å². The Kier molecular flexibility index (Phi) is 3.51. The summed E-state index contributed by atoms with van der Waals surface area (Å²) in [5.41, 5.74) is 5.12. The largest absolute Gasteiger partial charge is 0.315 e. The molecule has 0 unspecified atom stereocenters. The summed E-state index contributed by atoms with van der Waals surface area (Å²) in [6.45, 7) is 4.56. The molecule has 1 saturated heterocycles. The van der Waals surface area contributed by atoms with Crippen molar-refractivity contribution in [2.75, 3.05) is 24.5 Å². The molecule has 5 rings (SSSR count). The Balaban J connectivity index is 1.47. The van der Waals surface area contributed by atoms with Crippen LogP contribution >= 0.6 is 0 Å². The molecule has 0 bridgehead atoms. The molecule has 1 aliphatic carbocycles. The zero-order valence-corrected chi connectivity index (χ0v) is 15.5. The van der Waals surface area contributed by atoms with E-state index in [1.54, 1.807) is 0 Å². The number of nitrogens with zero attached hydrogens (tertiary/aromatic N) is 3. The van der Waals surface area contributed by atoms with Gasteiger partial charge in [0.15, 0.2) is 0 Å². The molecule has 1 aromatic heterocycles. The fourth-order valence-electron chi connectivity index (χ4n) is 5.20. The number of para-hydroxylation sites is 1. The van der Waals surface area contributed by atoms with E-state index >= 15 is 0 Å². The van der Waals surface area contributed by atoms with Crippen molar-refractivity contribution in [2.24, 2.45) is 13.0 Å². The van der Waals surface area contributed by atoms with Crippen LogP contribution in [0.3, 0.4) is 0 Å². The zero-order valence-electron chi connectivity index (χ0n) is 15.5. The van der Waals surface area contributed by atoms with Gasteiger partial charge in [0, 0.05) is 49.4 Å². The van der Waals surface area contributed by atoms with Crippen LogP contribution in [0.25, 0.3) is 0 Å². The number of amides is 1. The monoisotopic (exact) mass is 350 g/mol. The lowest BCUT2D eigenvalue weighted by Crippen LogP contribution is -2.44. The molecule has 0 radical (unpaired) electrons. The van der Waals surface area contributed by atoms with E-state index in [9.17, 15) is 4.79 Å². The minimum atomic E-state index is -0.0128. The Morgan fingerprint density at radius 3 is 2.77 bits per heavy atom. The van der Waals surface area contributed by atoms with Gasteiger partial charge in [0.05, 0.1) is 12.1 Å². The van der Waals surface area contributed by atoms with Gasteiger partial charge in [-0.1, -0.05) is 24.6 Å². The van der Waals surface area contributed by atoms with Crippen molar-refractivity contribution in [1.82, 2.24) is 15.1 Å². The summed E-state index contributed by atoms with van der Waals surface area (Å²) >= 11 is 0. The summed E-state index contributed by atoms with van der Waals surface area (Å²) in [7, 11) is 1.97. The lowest BCUT2D eigenvalue weighted by Gasteiger charge is -2.39. The molecule has 2 aromatic rings. The second-order valence-corrected chi connectivity index (χ2v) is 8.26. The summed E-state index contributed by atoms with van der Waals surface area (Å²) < 4.78 is 1.91. The number of aryl methyl sites for hydroxylation is 1. The van der Waals surface area contributed by atoms with Crippen LogP contribution < -0.4 is 10.2 Å². The number of carbonyl (C=O) groups is 1. The average Bonchev–Trinajstić information content (AvgIpc) is 3.31. The first-order valence-corrected chi connectivity index (χ1v) is 9.71. The van der Waals surface area contributed by atoms with Gasteiger partial charge in [0.1, 0.15) is 0 Å². The minimum absolute atomic E-state index is 0.0128. The van der Waals surface area contributed by atoms with E-state index in [2.05, 4.69) is 46.5 Å². The van der Waals surface area contributed by atoms with Crippen molar-refractivity contribution in [2.45, 2.75) is 37.5 Å². The quantitative estimate of drug-likeness (QED) is 0.905. The number of rotatable bonds is 2. The molecular formula is C21H26N4O. The molecule has 5 nitrogen and oxygen atoms in total. The Morgan fingerprint density at radius 1 is 1.27 bits per heavy atom. The van der Waals surface area contributed by atoms with Crippen LogP contribution in [0.4, 0.5) is 5.69 Å². The summed E-state index contributed by atoms with van der Waals surface area (Å²) in [4.78, 5) is 15.7. The van der Waals surface area contributed by atoms with Crippen molar-refractivity contribution < 1.29 is 4.79 Å². The number of anilines is 1. The van der Waals surface area contributed by atoms with Crippen molar-refractivity contribution in [3.63, 3.8) is 0 Å². The third-order valence-corrected chi connectivity index (χ3v) is 7.01. The fourth-order valence-corrected chi connectivity index (χ4v) is 5.20. The highest BCUT2D eigenvalue weighted by Crippen LogP contribution is 2.53. The van der Waals surface area contributed by atoms with E-state index in [0.29, 0.717) is 0 Å². The fraction of sp³-hybridized carbons (Fsp3) is 0.524. The van der Waals surface area contributed by atoms with Gasteiger partial charge < -0.3 is 10.2 Å². The van der Waals surface area contributed by atoms with E-state index < -0.39 is 0 Å². The molecule has 2 aliphatic heterocycles. The second-order valence-electron chi connectivity index (χ2n) is 8.26. The number of hydrogen-bond donors (Lipinski definition) is 1. The maximum Gasteiger partial charge on any atom is 0.232 e. The number of aromatic nitrogens is 2. The summed E-state index contributed by atoms with van der Waals surface area (Å²) in [5, 5.41) is 7.85. The van der Waals surface area contributed by atoms with Gasteiger partial charge in [-0.2, -0.15) is 5.10 Å². The van der Waals surface area contributed by atoms with E-state index in [1.807, 2.05) is 17.9 Å². The summed E-state index contributed by atoms with van der Waals surface area (Å²) in [6, 6.07) is 8.54. The summed E-state index contributed by atoms with van der Waals surface area (Å²) in [5.74, 6) is 0.474. The molecule has 3 aliphatic rings. The molecule has 2 fully saturated rings. The van der Waals surface area contributed by atoms with Crippen molar-refractivity contribution in [3.05, 3.63) is 47.3 Å². The normalized spacial score (nSPS) is 26.2. The van der Waals surface area contributed by atoms with Gasteiger partial charge in [-0.3, -0.25) is 9.48 Å². The number of fused-ring (bicyclic) bond motifs is 2. The molecule has 2 atom stereocenters. The standard InChI is InChI=1S/C21H26N4O/c1-14-15(12-23-24(14)2)16-10-22-11-17(16)20(26)25-13-21(8-5-9-21)18-6-3-4-7-19(18)25/h3-4,6-7,12,16-17,22H,5,8-11,13H2,1-2H3/t16-,17+/m1/s1. The Hall–Kier alpha value is -2.14. The maximum atomic E-state index is 13.6. The Labute approximate surface area is 154 Å². The SMILES string of the molecule is Cc1c([C@H]2CNC[C@@H]2C(=O)N2CC3(CCC3)c3ccccc32)cnn1C.